The number of hydrogen-bond acceptors (Lipinski definition) is 4. The van der Waals surface area contributed by atoms with Crippen LogP contribution in [-0.4, -0.2) is 42.2 Å². The third-order valence-electron chi connectivity index (χ3n) is 3.95. The Bertz CT molecular complexity index is 637. The molecule has 0 fully saturated rings. The molecule has 0 atom stereocenters. The molecule has 0 saturated carbocycles. The normalized spacial score (nSPS) is 17.0. The summed E-state index contributed by atoms with van der Waals surface area (Å²) in [6, 6.07) is 8.30. The number of hydrogen-bond donors (Lipinski definition) is 1. The van der Waals surface area contributed by atoms with Crippen LogP contribution in [0.1, 0.15) is 24.5 Å². The van der Waals surface area contributed by atoms with Gasteiger partial charge in [-0.2, -0.15) is 0 Å². The number of aliphatic hydroxyl groups excluding tert-OH is 1. The summed E-state index contributed by atoms with van der Waals surface area (Å²) in [4.78, 5) is 14.0. The van der Waals surface area contributed by atoms with Crippen LogP contribution >= 0.6 is 12.4 Å². The highest BCUT2D eigenvalue weighted by molar-refractivity contribution is 5.96. The van der Waals surface area contributed by atoms with Crippen molar-refractivity contribution in [3.63, 3.8) is 0 Å². The summed E-state index contributed by atoms with van der Waals surface area (Å²) in [5, 5.41) is 9.88. The Morgan fingerprint density at radius 2 is 2.14 bits per heavy atom. The lowest BCUT2D eigenvalue weighted by Crippen LogP contribution is -2.36. The van der Waals surface area contributed by atoms with Gasteiger partial charge in [0.2, 0.25) is 0 Å². The van der Waals surface area contributed by atoms with Gasteiger partial charge < -0.3 is 9.84 Å². The second-order valence-corrected chi connectivity index (χ2v) is 5.36. The fourth-order valence-corrected chi connectivity index (χ4v) is 2.82. The van der Waals surface area contributed by atoms with Gasteiger partial charge in [0, 0.05) is 26.1 Å². The van der Waals surface area contributed by atoms with E-state index in [-0.39, 0.29) is 18.2 Å². The molecule has 0 aromatic heterocycles. The van der Waals surface area contributed by atoms with Crippen LogP contribution in [0.15, 0.2) is 35.6 Å². The van der Waals surface area contributed by atoms with E-state index in [0.717, 1.165) is 13.1 Å². The number of carbonyl (C=O) groups is 1. The first kappa shape index (κ1) is 16.6. The van der Waals surface area contributed by atoms with E-state index in [1.165, 1.54) is 16.7 Å². The molecule has 0 spiro atoms. The number of benzene rings is 1. The number of carbonyl (C=O) groups excluding carboxylic acids is 1. The summed E-state index contributed by atoms with van der Waals surface area (Å²) in [7, 11) is 0. The Balaban J connectivity index is 0.00000176. The Morgan fingerprint density at radius 1 is 1.36 bits per heavy atom. The number of fused-ring (bicyclic) bond motifs is 1. The molecule has 1 aliphatic heterocycles. The van der Waals surface area contributed by atoms with Crippen LogP contribution in [0.3, 0.4) is 0 Å². The molecule has 1 N–H and O–H groups in total. The number of ether oxygens (including phenoxy) is 1. The van der Waals surface area contributed by atoms with E-state index >= 15 is 0 Å². The molecule has 5 heteroatoms. The first-order chi connectivity index (χ1) is 10.2. The van der Waals surface area contributed by atoms with Gasteiger partial charge in [0.25, 0.3) is 0 Å². The van der Waals surface area contributed by atoms with Crippen LogP contribution in [0.25, 0.3) is 11.6 Å². The lowest BCUT2D eigenvalue weighted by molar-refractivity contribution is -0.139. The molecule has 0 bridgehead atoms. The van der Waals surface area contributed by atoms with Crippen LogP contribution in [0.5, 0.6) is 0 Å². The molecule has 3 rings (SSSR count). The van der Waals surface area contributed by atoms with Crippen molar-refractivity contribution < 1.29 is 14.6 Å². The fraction of sp³-hybridized carbons (Fsp3) is 0.353. The van der Waals surface area contributed by atoms with E-state index in [9.17, 15) is 9.90 Å². The van der Waals surface area contributed by atoms with Gasteiger partial charge in [0.15, 0.2) is 0 Å². The molecule has 1 aliphatic carbocycles. The van der Waals surface area contributed by atoms with Crippen molar-refractivity contribution >= 4 is 30.0 Å². The highest BCUT2D eigenvalue weighted by Crippen LogP contribution is 2.33. The quantitative estimate of drug-likeness (QED) is 0.866. The van der Waals surface area contributed by atoms with E-state index < -0.39 is 5.97 Å². The monoisotopic (exact) mass is 321 g/mol. The molecule has 0 amide bonds. The van der Waals surface area contributed by atoms with Crippen LogP contribution in [0, 0.1) is 0 Å². The van der Waals surface area contributed by atoms with E-state index in [0.29, 0.717) is 25.1 Å². The molecule has 0 saturated heterocycles. The Kier molecular flexibility index (Phi) is 5.27. The first-order valence-electron chi connectivity index (χ1n) is 7.29. The molecule has 1 aromatic carbocycles. The zero-order valence-corrected chi connectivity index (χ0v) is 13.4. The van der Waals surface area contributed by atoms with E-state index in [1.54, 1.807) is 6.92 Å². The second-order valence-electron chi connectivity index (χ2n) is 5.36. The minimum atomic E-state index is -0.400. The van der Waals surface area contributed by atoms with Crippen molar-refractivity contribution in [1.29, 1.82) is 0 Å². The molecule has 22 heavy (non-hydrogen) atoms. The van der Waals surface area contributed by atoms with Crippen molar-refractivity contribution in [1.82, 2.24) is 4.90 Å². The summed E-state index contributed by atoms with van der Waals surface area (Å²) in [6.07, 6.45) is 2.68. The summed E-state index contributed by atoms with van der Waals surface area (Å²) >= 11 is 0. The van der Waals surface area contributed by atoms with Gasteiger partial charge in [-0.15, -0.1) is 12.4 Å². The predicted molar refractivity (Wildman–Crippen MR) is 88.9 cm³/mol. The number of aliphatic hydroxyl groups is 1. The number of esters is 1. The van der Waals surface area contributed by atoms with E-state index in [4.69, 9.17) is 4.74 Å². The highest BCUT2D eigenvalue weighted by Gasteiger charge is 2.26. The Morgan fingerprint density at radius 3 is 2.86 bits per heavy atom. The number of nitrogens with zero attached hydrogens (tertiary/aromatic N) is 1. The van der Waals surface area contributed by atoms with Gasteiger partial charge in [-0.05, 0) is 29.7 Å². The molecular formula is C17H20ClNO3. The van der Waals surface area contributed by atoms with Gasteiger partial charge in [0.05, 0.1) is 12.2 Å². The highest BCUT2D eigenvalue weighted by atomic mass is 35.5. The van der Waals surface area contributed by atoms with Gasteiger partial charge in [-0.1, -0.05) is 24.3 Å². The van der Waals surface area contributed by atoms with Crippen molar-refractivity contribution in [3.05, 3.63) is 46.7 Å². The third-order valence-corrected chi connectivity index (χ3v) is 3.95. The van der Waals surface area contributed by atoms with Crippen molar-refractivity contribution in [2.45, 2.75) is 13.3 Å². The van der Waals surface area contributed by atoms with Crippen molar-refractivity contribution in [2.75, 3.05) is 26.2 Å². The van der Waals surface area contributed by atoms with Gasteiger partial charge in [0.1, 0.15) is 5.76 Å². The van der Waals surface area contributed by atoms with E-state index in [1.807, 2.05) is 12.1 Å². The van der Waals surface area contributed by atoms with E-state index in [2.05, 4.69) is 23.1 Å². The van der Waals surface area contributed by atoms with Crippen LogP contribution in [-0.2, 0) is 9.53 Å². The molecule has 1 heterocycles. The number of halogens is 1. The lowest BCUT2D eigenvalue weighted by Gasteiger charge is -2.31. The molecule has 4 nitrogen and oxygen atoms in total. The Labute approximate surface area is 136 Å². The van der Waals surface area contributed by atoms with Crippen molar-refractivity contribution in [2.24, 2.45) is 0 Å². The largest absolute Gasteiger partial charge is 0.512 e. The van der Waals surface area contributed by atoms with Crippen LogP contribution < -0.4 is 0 Å². The average Bonchev–Trinajstić information content (AvgIpc) is 2.46. The summed E-state index contributed by atoms with van der Waals surface area (Å²) in [5.74, 6) is -0.227. The zero-order chi connectivity index (χ0) is 14.8. The third kappa shape index (κ3) is 3.18. The fourth-order valence-electron chi connectivity index (χ4n) is 2.82. The van der Waals surface area contributed by atoms with Crippen LogP contribution in [0.2, 0.25) is 0 Å². The summed E-state index contributed by atoms with van der Waals surface area (Å²) < 4.78 is 5.00. The minimum absolute atomic E-state index is 0. The van der Waals surface area contributed by atoms with Gasteiger partial charge in [-0.3, -0.25) is 4.90 Å². The maximum absolute atomic E-state index is 11.8. The second kappa shape index (κ2) is 6.99. The maximum atomic E-state index is 11.8. The maximum Gasteiger partial charge on any atom is 0.338 e. The summed E-state index contributed by atoms with van der Waals surface area (Å²) in [5.41, 5.74) is 4.24. The average molecular weight is 322 g/mol. The van der Waals surface area contributed by atoms with Gasteiger partial charge >= 0.3 is 5.97 Å². The topological polar surface area (TPSA) is 49.8 Å². The molecular weight excluding hydrogens is 302 g/mol. The standard InChI is InChI=1S/C17H19NO3.ClH/c1-2-21-17(20)15-11-18(8-7-16(15)19)10-13-9-12-5-3-4-6-14(12)13;/h3-6,9,19H,2,7-8,10-11H2,1H3;1H. The first-order valence-corrected chi connectivity index (χ1v) is 7.29. The SMILES string of the molecule is CCOC(=O)C1=C(O)CCN(CC2=Cc3ccccc32)C1.Cl. The molecule has 0 unspecified atom stereocenters. The predicted octanol–water partition coefficient (Wildman–Crippen LogP) is 3.04. The lowest BCUT2D eigenvalue weighted by atomic mass is 9.88. The van der Waals surface area contributed by atoms with Gasteiger partial charge in [-0.25, -0.2) is 4.79 Å². The molecule has 118 valence electrons. The Hall–Kier alpha value is -1.78. The zero-order valence-electron chi connectivity index (χ0n) is 12.5. The molecule has 1 aromatic rings. The smallest absolute Gasteiger partial charge is 0.338 e. The summed E-state index contributed by atoms with van der Waals surface area (Å²) in [6.45, 7) is 4.10. The minimum Gasteiger partial charge on any atom is -0.512 e. The molecule has 0 radical (unpaired) electrons. The van der Waals surface area contributed by atoms with Crippen molar-refractivity contribution in [3.8, 4) is 0 Å². The van der Waals surface area contributed by atoms with Crippen LogP contribution in [0.4, 0.5) is 0 Å². The molecule has 2 aliphatic rings. The number of rotatable bonds is 4.